The molecule has 1 aliphatic rings. The molecule has 1 aliphatic heterocycles. The Bertz CT molecular complexity index is 469. The maximum absolute atomic E-state index is 12.3. The monoisotopic (exact) mass is 304 g/mol. The molecule has 1 heterocycles. The van der Waals surface area contributed by atoms with Crippen LogP contribution in [-0.4, -0.2) is 31.7 Å². The molecule has 22 heavy (non-hydrogen) atoms. The Morgan fingerprint density at radius 2 is 1.95 bits per heavy atom. The number of amides is 1. The maximum Gasteiger partial charge on any atom is 0.237 e. The summed E-state index contributed by atoms with van der Waals surface area (Å²) in [5, 5.41) is 3.09. The molecule has 0 spiro atoms. The fourth-order valence-corrected chi connectivity index (χ4v) is 3.01. The molecule has 1 aromatic rings. The molecule has 3 N–H and O–H groups in total. The molecular formula is C18H28N2O2. The van der Waals surface area contributed by atoms with E-state index in [-0.39, 0.29) is 17.2 Å². The molecule has 0 saturated carbocycles. The van der Waals surface area contributed by atoms with Crippen molar-refractivity contribution in [2.75, 3.05) is 19.8 Å². The van der Waals surface area contributed by atoms with Gasteiger partial charge in [0.25, 0.3) is 0 Å². The van der Waals surface area contributed by atoms with E-state index in [1.165, 1.54) is 5.56 Å². The van der Waals surface area contributed by atoms with E-state index in [1.54, 1.807) is 0 Å². The minimum Gasteiger partial charge on any atom is -0.381 e. The van der Waals surface area contributed by atoms with Gasteiger partial charge in [0.2, 0.25) is 5.91 Å². The normalized spacial score (nSPS) is 20.1. The average Bonchev–Trinajstić information content (AvgIpc) is 2.59. The van der Waals surface area contributed by atoms with Crippen molar-refractivity contribution in [1.82, 2.24) is 5.32 Å². The van der Waals surface area contributed by atoms with Crippen molar-refractivity contribution in [1.29, 1.82) is 0 Å². The highest BCUT2D eigenvalue weighted by atomic mass is 16.5. The van der Waals surface area contributed by atoms with Gasteiger partial charge in [-0.25, -0.2) is 0 Å². The molecule has 0 aliphatic carbocycles. The zero-order chi connectivity index (χ0) is 16.0. The van der Waals surface area contributed by atoms with Crippen molar-refractivity contribution in [3.63, 3.8) is 0 Å². The Hall–Kier alpha value is -1.39. The summed E-state index contributed by atoms with van der Waals surface area (Å²) in [7, 11) is 0. The number of rotatable bonds is 6. The number of carbonyl (C=O) groups is 1. The number of carbonyl (C=O) groups excluding carboxylic acids is 1. The van der Waals surface area contributed by atoms with Gasteiger partial charge in [-0.05, 0) is 24.3 Å². The number of nitrogens with two attached hydrogens (primary N) is 1. The molecule has 0 bridgehead atoms. The first-order valence-corrected chi connectivity index (χ1v) is 8.25. The van der Waals surface area contributed by atoms with Gasteiger partial charge in [-0.15, -0.1) is 0 Å². The summed E-state index contributed by atoms with van der Waals surface area (Å²) in [6.07, 6.45) is 2.76. The van der Waals surface area contributed by atoms with E-state index in [0.29, 0.717) is 6.54 Å². The van der Waals surface area contributed by atoms with E-state index >= 15 is 0 Å². The van der Waals surface area contributed by atoms with Crippen LogP contribution >= 0.6 is 0 Å². The van der Waals surface area contributed by atoms with Crippen molar-refractivity contribution < 1.29 is 9.53 Å². The van der Waals surface area contributed by atoms with E-state index in [4.69, 9.17) is 10.5 Å². The number of hydrogen-bond acceptors (Lipinski definition) is 3. The van der Waals surface area contributed by atoms with E-state index in [2.05, 4.69) is 36.5 Å². The molecular weight excluding hydrogens is 276 g/mol. The van der Waals surface area contributed by atoms with Gasteiger partial charge in [0, 0.05) is 25.2 Å². The first-order valence-electron chi connectivity index (χ1n) is 8.25. The zero-order valence-corrected chi connectivity index (χ0v) is 13.7. The SMILES string of the molecule is CCC(C)C(N)C(=O)NCC1(c2ccccc2)CCOCC1. The molecule has 1 fully saturated rings. The lowest BCUT2D eigenvalue weighted by Gasteiger charge is -2.38. The number of benzene rings is 1. The average molecular weight is 304 g/mol. The van der Waals surface area contributed by atoms with Gasteiger partial charge in [0.1, 0.15) is 0 Å². The minimum absolute atomic E-state index is 0.0374. The summed E-state index contributed by atoms with van der Waals surface area (Å²) >= 11 is 0. The molecule has 4 nitrogen and oxygen atoms in total. The van der Waals surface area contributed by atoms with Crippen LogP contribution < -0.4 is 11.1 Å². The Morgan fingerprint density at radius 1 is 1.32 bits per heavy atom. The van der Waals surface area contributed by atoms with E-state index in [0.717, 1.165) is 32.5 Å². The first kappa shape index (κ1) is 17.0. The molecule has 1 saturated heterocycles. The Kier molecular flexibility index (Phi) is 5.98. The lowest BCUT2D eigenvalue weighted by atomic mass is 9.74. The molecule has 4 heteroatoms. The van der Waals surface area contributed by atoms with Gasteiger partial charge in [-0.1, -0.05) is 50.6 Å². The van der Waals surface area contributed by atoms with Gasteiger partial charge >= 0.3 is 0 Å². The smallest absolute Gasteiger partial charge is 0.237 e. The van der Waals surface area contributed by atoms with Crippen molar-refractivity contribution in [2.45, 2.75) is 44.6 Å². The second-order valence-electron chi connectivity index (χ2n) is 6.39. The highest BCUT2D eigenvalue weighted by Crippen LogP contribution is 2.34. The largest absolute Gasteiger partial charge is 0.381 e. The number of ether oxygens (including phenoxy) is 1. The highest BCUT2D eigenvalue weighted by molar-refractivity contribution is 5.81. The molecule has 122 valence electrons. The Labute approximate surface area is 133 Å². The summed E-state index contributed by atoms with van der Waals surface area (Å²) in [6, 6.07) is 9.99. The van der Waals surface area contributed by atoms with Crippen LogP contribution in [0.25, 0.3) is 0 Å². The first-order chi connectivity index (χ1) is 10.6. The van der Waals surface area contributed by atoms with Crippen LogP contribution in [0.1, 0.15) is 38.7 Å². The van der Waals surface area contributed by atoms with Crippen molar-refractivity contribution in [3.05, 3.63) is 35.9 Å². The Morgan fingerprint density at radius 3 is 2.55 bits per heavy atom. The predicted molar refractivity (Wildman–Crippen MR) is 88.6 cm³/mol. The molecule has 2 unspecified atom stereocenters. The van der Waals surface area contributed by atoms with Gasteiger partial charge in [-0.2, -0.15) is 0 Å². The van der Waals surface area contributed by atoms with Gasteiger partial charge in [0.15, 0.2) is 0 Å². The third-order valence-corrected chi connectivity index (χ3v) is 5.00. The molecule has 1 aromatic carbocycles. The number of nitrogens with one attached hydrogen (secondary N) is 1. The lowest BCUT2D eigenvalue weighted by molar-refractivity contribution is -0.123. The van der Waals surface area contributed by atoms with Gasteiger partial charge < -0.3 is 15.8 Å². The van der Waals surface area contributed by atoms with Crippen molar-refractivity contribution in [3.8, 4) is 0 Å². The van der Waals surface area contributed by atoms with Crippen LogP contribution in [0, 0.1) is 5.92 Å². The van der Waals surface area contributed by atoms with Crippen LogP contribution in [0.15, 0.2) is 30.3 Å². The van der Waals surface area contributed by atoms with Gasteiger partial charge in [0.05, 0.1) is 6.04 Å². The van der Waals surface area contributed by atoms with E-state index < -0.39 is 6.04 Å². The minimum atomic E-state index is -0.433. The third-order valence-electron chi connectivity index (χ3n) is 5.00. The fraction of sp³-hybridized carbons (Fsp3) is 0.611. The summed E-state index contributed by atoms with van der Waals surface area (Å²) in [5.41, 5.74) is 7.27. The van der Waals surface area contributed by atoms with E-state index in [1.807, 2.05) is 13.0 Å². The predicted octanol–water partition coefficient (Wildman–Crippen LogP) is 2.22. The molecule has 0 radical (unpaired) electrons. The summed E-state index contributed by atoms with van der Waals surface area (Å²) < 4.78 is 5.52. The fourth-order valence-electron chi connectivity index (χ4n) is 3.01. The number of hydrogen-bond donors (Lipinski definition) is 2. The van der Waals surface area contributed by atoms with Crippen LogP contribution in [0.5, 0.6) is 0 Å². The molecule has 1 amide bonds. The second kappa shape index (κ2) is 7.75. The van der Waals surface area contributed by atoms with Gasteiger partial charge in [-0.3, -0.25) is 4.79 Å². The van der Waals surface area contributed by atoms with Crippen LogP contribution in [0.2, 0.25) is 0 Å². The maximum atomic E-state index is 12.3. The summed E-state index contributed by atoms with van der Waals surface area (Å²) in [4.78, 5) is 12.3. The zero-order valence-electron chi connectivity index (χ0n) is 13.7. The Balaban J connectivity index is 2.07. The standard InChI is InChI=1S/C18H28N2O2/c1-3-14(2)16(19)17(21)20-13-18(9-11-22-12-10-18)15-7-5-4-6-8-15/h4-8,14,16H,3,9-13,19H2,1-2H3,(H,20,21). The van der Waals surface area contributed by atoms with Crippen molar-refractivity contribution >= 4 is 5.91 Å². The molecule has 2 rings (SSSR count). The van der Waals surface area contributed by atoms with Crippen LogP contribution in [-0.2, 0) is 14.9 Å². The van der Waals surface area contributed by atoms with Crippen LogP contribution in [0.4, 0.5) is 0 Å². The molecule has 0 aromatic heterocycles. The van der Waals surface area contributed by atoms with Crippen LogP contribution in [0.3, 0.4) is 0 Å². The quantitative estimate of drug-likeness (QED) is 0.847. The summed E-state index contributed by atoms with van der Waals surface area (Å²) in [6.45, 7) is 6.18. The molecule has 2 atom stereocenters. The van der Waals surface area contributed by atoms with E-state index in [9.17, 15) is 4.79 Å². The van der Waals surface area contributed by atoms with Crippen molar-refractivity contribution in [2.24, 2.45) is 11.7 Å². The second-order valence-corrected chi connectivity index (χ2v) is 6.39. The topological polar surface area (TPSA) is 64.4 Å². The lowest BCUT2D eigenvalue weighted by Crippen LogP contribution is -2.50. The third kappa shape index (κ3) is 3.87. The highest BCUT2D eigenvalue weighted by Gasteiger charge is 2.35. The summed E-state index contributed by atoms with van der Waals surface area (Å²) in [5.74, 6) is 0.151.